The van der Waals surface area contributed by atoms with E-state index in [4.69, 9.17) is 9.47 Å². The number of nitrogens with zero attached hydrogens (tertiary/aromatic N) is 1. The Labute approximate surface area is 163 Å². The van der Waals surface area contributed by atoms with Gasteiger partial charge in [-0.25, -0.2) is 0 Å². The van der Waals surface area contributed by atoms with Crippen LogP contribution in [0.25, 0.3) is 11.3 Å². The fourth-order valence-corrected chi connectivity index (χ4v) is 3.67. The van der Waals surface area contributed by atoms with Crippen LogP contribution >= 0.6 is 0 Å². The predicted molar refractivity (Wildman–Crippen MR) is 105 cm³/mol. The first-order chi connectivity index (χ1) is 13.7. The molecular formula is C22H22N2O4. The average Bonchev–Trinajstić information content (AvgIpc) is 3.26. The zero-order valence-electron chi connectivity index (χ0n) is 15.7. The Morgan fingerprint density at radius 3 is 2.75 bits per heavy atom. The lowest BCUT2D eigenvalue weighted by Gasteiger charge is -2.12. The molecule has 0 fully saturated rings. The van der Waals surface area contributed by atoms with E-state index >= 15 is 0 Å². The number of pyridine rings is 1. The number of fused-ring (bicyclic) bond motifs is 1. The van der Waals surface area contributed by atoms with Gasteiger partial charge in [-0.05, 0) is 29.7 Å². The minimum Gasteiger partial charge on any atom is -0.479 e. The standard InChI is InChI=1S/C22H22N2O4/c1-27-11-10-24-13-19-21(26)20(22(28-19)14-6-8-23-9-7-14)16-2-4-17-15(12-16)3-5-18(17)25/h2,4,6-9,12,19,24H,3,5,10-11,13H2,1H3. The van der Waals surface area contributed by atoms with Crippen molar-refractivity contribution in [3.05, 3.63) is 65.0 Å². The van der Waals surface area contributed by atoms with Gasteiger partial charge in [0.1, 0.15) is 5.76 Å². The van der Waals surface area contributed by atoms with Gasteiger partial charge in [-0.1, -0.05) is 18.2 Å². The summed E-state index contributed by atoms with van der Waals surface area (Å²) in [7, 11) is 1.64. The highest BCUT2D eigenvalue weighted by atomic mass is 16.5. The highest BCUT2D eigenvalue weighted by molar-refractivity contribution is 6.31. The Balaban J connectivity index is 1.68. The van der Waals surface area contributed by atoms with Crippen LogP contribution in [0.1, 0.15) is 33.5 Å². The van der Waals surface area contributed by atoms with Crippen molar-refractivity contribution in [3.63, 3.8) is 0 Å². The predicted octanol–water partition coefficient (Wildman–Crippen LogP) is 2.28. The molecule has 1 N–H and O–H groups in total. The highest BCUT2D eigenvalue weighted by Gasteiger charge is 2.36. The molecular weight excluding hydrogens is 356 g/mol. The second-order valence-corrected chi connectivity index (χ2v) is 6.90. The van der Waals surface area contributed by atoms with E-state index in [1.165, 1.54) is 0 Å². The maximum absolute atomic E-state index is 13.2. The fraction of sp³-hybridized carbons (Fsp3) is 0.318. The van der Waals surface area contributed by atoms with Gasteiger partial charge >= 0.3 is 0 Å². The lowest BCUT2D eigenvalue weighted by atomic mass is 9.94. The van der Waals surface area contributed by atoms with E-state index in [1.54, 1.807) is 19.5 Å². The molecule has 1 aromatic heterocycles. The SMILES string of the molecule is COCCNCC1OC(c2ccncc2)=C(c2ccc3c(c2)CCC3=O)C1=O. The van der Waals surface area contributed by atoms with Crippen LogP contribution in [0.5, 0.6) is 0 Å². The summed E-state index contributed by atoms with van der Waals surface area (Å²) in [5, 5.41) is 3.20. The van der Waals surface area contributed by atoms with Gasteiger partial charge in [0, 0.05) is 50.1 Å². The Hall–Kier alpha value is -2.83. The summed E-state index contributed by atoms with van der Waals surface area (Å²) in [6.07, 6.45) is 4.02. The summed E-state index contributed by atoms with van der Waals surface area (Å²) in [6.45, 7) is 1.62. The molecule has 1 atom stereocenters. The van der Waals surface area contributed by atoms with Crippen LogP contribution in [0.2, 0.25) is 0 Å². The maximum Gasteiger partial charge on any atom is 0.208 e. The van der Waals surface area contributed by atoms with Gasteiger partial charge in [0.2, 0.25) is 5.78 Å². The number of carbonyl (C=O) groups is 2. The number of hydrogen-bond acceptors (Lipinski definition) is 6. The normalized spacial score (nSPS) is 18.5. The van der Waals surface area contributed by atoms with E-state index in [9.17, 15) is 9.59 Å². The molecule has 6 nitrogen and oxygen atoms in total. The van der Waals surface area contributed by atoms with E-state index in [0.29, 0.717) is 37.4 Å². The third kappa shape index (κ3) is 3.48. The third-order valence-corrected chi connectivity index (χ3v) is 5.10. The summed E-state index contributed by atoms with van der Waals surface area (Å²) < 4.78 is 11.1. The third-order valence-electron chi connectivity index (χ3n) is 5.10. The second kappa shape index (κ2) is 8.04. The number of nitrogens with one attached hydrogen (secondary N) is 1. The van der Waals surface area contributed by atoms with Crippen molar-refractivity contribution in [2.45, 2.75) is 18.9 Å². The van der Waals surface area contributed by atoms with Crippen molar-refractivity contribution in [3.8, 4) is 0 Å². The van der Waals surface area contributed by atoms with E-state index in [1.807, 2.05) is 30.3 Å². The average molecular weight is 378 g/mol. The number of Topliss-reactive ketones (excluding diaryl/α,β-unsaturated/α-hetero) is 2. The molecule has 6 heteroatoms. The summed E-state index contributed by atoms with van der Waals surface area (Å²) in [4.78, 5) is 29.2. The summed E-state index contributed by atoms with van der Waals surface area (Å²) in [6, 6.07) is 9.30. The fourth-order valence-electron chi connectivity index (χ4n) is 3.67. The first-order valence-corrected chi connectivity index (χ1v) is 9.40. The number of ketones is 2. The summed E-state index contributed by atoms with van der Waals surface area (Å²) in [5.74, 6) is 0.676. The number of hydrogen-bond donors (Lipinski definition) is 1. The Morgan fingerprint density at radius 2 is 1.96 bits per heavy atom. The van der Waals surface area contributed by atoms with Crippen LogP contribution in [0.4, 0.5) is 0 Å². The molecule has 0 saturated carbocycles. The molecule has 2 heterocycles. The number of ether oxygens (including phenoxy) is 2. The van der Waals surface area contributed by atoms with Gasteiger partial charge in [0.15, 0.2) is 11.9 Å². The number of aryl methyl sites for hydroxylation is 1. The van der Waals surface area contributed by atoms with Gasteiger partial charge in [-0.15, -0.1) is 0 Å². The molecule has 1 unspecified atom stereocenters. The topological polar surface area (TPSA) is 77.5 Å². The molecule has 144 valence electrons. The minimum absolute atomic E-state index is 0.0546. The van der Waals surface area contributed by atoms with Crippen molar-refractivity contribution in [1.29, 1.82) is 0 Å². The van der Waals surface area contributed by atoms with E-state index < -0.39 is 6.10 Å². The largest absolute Gasteiger partial charge is 0.479 e. The molecule has 0 spiro atoms. The molecule has 1 aliphatic carbocycles. The van der Waals surface area contributed by atoms with Crippen LogP contribution in [0.3, 0.4) is 0 Å². The van der Waals surface area contributed by atoms with Crippen molar-refractivity contribution < 1.29 is 19.1 Å². The lowest BCUT2D eigenvalue weighted by Crippen LogP contribution is -2.33. The zero-order valence-corrected chi connectivity index (χ0v) is 15.7. The van der Waals surface area contributed by atoms with E-state index in [2.05, 4.69) is 10.3 Å². The molecule has 0 amide bonds. The number of rotatable bonds is 7. The van der Waals surface area contributed by atoms with Gasteiger partial charge in [-0.2, -0.15) is 0 Å². The molecule has 1 aliphatic heterocycles. The van der Waals surface area contributed by atoms with Crippen LogP contribution in [0, 0.1) is 0 Å². The first-order valence-electron chi connectivity index (χ1n) is 9.40. The van der Waals surface area contributed by atoms with Gasteiger partial charge in [-0.3, -0.25) is 14.6 Å². The van der Waals surface area contributed by atoms with Crippen LogP contribution in [-0.4, -0.2) is 49.5 Å². The van der Waals surface area contributed by atoms with E-state index in [0.717, 1.165) is 28.7 Å². The Bertz CT molecular complexity index is 937. The first kappa shape index (κ1) is 18.5. The van der Waals surface area contributed by atoms with Gasteiger partial charge in [0.05, 0.1) is 12.2 Å². The number of aromatic nitrogens is 1. The molecule has 1 aromatic carbocycles. The Morgan fingerprint density at radius 1 is 1.14 bits per heavy atom. The molecule has 4 rings (SSSR count). The quantitative estimate of drug-likeness (QED) is 0.745. The van der Waals surface area contributed by atoms with Crippen molar-refractivity contribution >= 4 is 22.9 Å². The molecule has 28 heavy (non-hydrogen) atoms. The summed E-state index contributed by atoms with van der Waals surface area (Å²) in [5.41, 5.74) is 3.93. The molecule has 0 radical (unpaired) electrons. The number of benzene rings is 1. The van der Waals surface area contributed by atoms with Gasteiger partial charge < -0.3 is 14.8 Å². The Kier molecular flexibility index (Phi) is 5.32. The van der Waals surface area contributed by atoms with E-state index in [-0.39, 0.29) is 11.6 Å². The molecule has 0 saturated heterocycles. The van der Waals surface area contributed by atoms with Crippen molar-refractivity contribution in [1.82, 2.24) is 10.3 Å². The smallest absolute Gasteiger partial charge is 0.208 e. The monoisotopic (exact) mass is 378 g/mol. The van der Waals surface area contributed by atoms with Crippen molar-refractivity contribution in [2.24, 2.45) is 0 Å². The summed E-state index contributed by atoms with van der Waals surface area (Å²) >= 11 is 0. The number of carbonyl (C=O) groups excluding carboxylic acids is 2. The van der Waals surface area contributed by atoms with Crippen LogP contribution in [-0.2, 0) is 20.7 Å². The number of methoxy groups -OCH3 is 1. The lowest BCUT2D eigenvalue weighted by molar-refractivity contribution is -0.119. The molecule has 0 bridgehead atoms. The second-order valence-electron chi connectivity index (χ2n) is 6.90. The minimum atomic E-state index is -0.593. The van der Waals surface area contributed by atoms with Crippen molar-refractivity contribution in [2.75, 3.05) is 26.8 Å². The molecule has 2 aliphatic rings. The van der Waals surface area contributed by atoms with Crippen LogP contribution < -0.4 is 5.32 Å². The van der Waals surface area contributed by atoms with Crippen LogP contribution in [0.15, 0.2) is 42.7 Å². The zero-order chi connectivity index (χ0) is 19.5. The molecule has 2 aromatic rings. The van der Waals surface area contributed by atoms with Gasteiger partial charge in [0.25, 0.3) is 0 Å². The highest BCUT2D eigenvalue weighted by Crippen LogP contribution is 2.37. The maximum atomic E-state index is 13.2.